The van der Waals surface area contributed by atoms with Crippen molar-refractivity contribution in [2.24, 2.45) is 5.73 Å². The highest BCUT2D eigenvalue weighted by Gasteiger charge is 2.28. The van der Waals surface area contributed by atoms with Crippen molar-refractivity contribution >= 4 is 87.4 Å². The SMILES string of the molecule is CC(C)(C)OC(=O)Nc1c(F)c(N2CCOCC2)nc(F)c1Cl.CC(C)(C)OC(N)=O.Fc1cc(Cl)c(F)nc1F.Fc1cc(Cl)c(F)nc1N1CCOCC1.Nc1c(F)c(N2CCOCC2)nc(F)c1Cl. The third-order valence-corrected chi connectivity index (χ3v) is 9.99. The van der Waals surface area contributed by atoms with Gasteiger partial charge in [0.1, 0.15) is 26.9 Å². The minimum absolute atomic E-state index is 0.000185. The van der Waals surface area contributed by atoms with Crippen LogP contribution in [0.1, 0.15) is 41.5 Å². The van der Waals surface area contributed by atoms with Crippen molar-refractivity contribution in [2.45, 2.75) is 52.7 Å². The molecule has 17 nitrogen and oxygen atoms in total. The summed E-state index contributed by atoms with van der Waals surface area (Å²) in [7, 11) is 0. The summed E-state index contributed by atoms with van der Waals surface area (Å²) in [5.74, 6) is -9.46. The number of nitrogens with zero attached hydrogens (tertiary/aromatic N) is 7. The number of carbonyl (C=O) groups is 2. The molecule has 3 aliphatic heterocycles. The van der Waals surface area contributed by atoms with Crippen LogP contribution >= 0.6 is 46.4 Å². The molecule has 0 spiro atoms. The number of primary amides is 1. The highest BCUT2D eigenvalue weighted by atomic mass is 35.5. The Labute approximate surface area is 427 Å². The lowest BCUT2D eigenvalue weighted by Crippen LogP contribution is -2.37. The summed E-state index contributed by atoms with van der Waals surface area (Å²) in [6, 6.07) is 1.47. The summed E-state index contributed by atoms with van der Waals surface area (Å²) in [5.41, 5.74) is 7.93. The Kier molecular flexibility index (Phi) is 23.5. The van der Waals surface area contributed by atoms with E-state index >= 15 is 0 Å². The molecular formula is C42H49Cl4F9N10O7. The van der Waals surface area contributed by atoms with E-state index in [4.69, 9.17) is 76.8 Å². The minimum atomic E-state index is -1.48. The molecule has 0 bridgehead atoms. The fourth-order valence-corrected chi connectivity index (χ4v) is 6.24. The third kappa shape index (κ3) is 19.3. The number of morpholine rings is 3. The van der Waals surface area contributed by atoms with E-state index in [0.717, 1.165) is 6.07 Å². The molecule has 400 valence electrons. The second-order valence-electron chi connectivity index (χ2n) is 16.6. The average Bonchev–Trinajstić information content (AvgIpc) is 3.30. The first-order valence-corrected chi connectivity index (χ1v) is 22.5. The molecule has 0 aromatic carbocycles. The van der Waals surface area contributed by atoms with Crippen LogP contribution in [0.15, 0.2) is 12.1 Å². The summed E-state index contributed by atoms with van der Waals surface area (Å²) >= 11 is 21.6. The second kappa shape index (κ2) is 27.7. The molecule has 3 aliphatic rings. The Bertz CT molecular complexity index is 2430. The van der Waals surface area contributed by atoms with Gasteiger partial charge < -0.3 is 49.9 Å². The number of pyridine rings is 4. The van der Waals surface area contributed by atoms with E-state index in [9.17, 15) is 49.1 Å². The fourth-order valence-electron chi connectivity index (χ4n) is 5.66. The smallest absolute Gasteiger partial charge is 0.412 e. The molecule has 7 heterocycles. The number of anilines is 5. The van der Waals surface area contributed by atoms with Gasteiger partial charge in [0.05, 0.1) is 55.4 Å². The number of nitrogen functional groups attached to an aromatic ring is 1. The van der Waals surface area contributed by atoms with E-state index in [0.29, 0.717) is 85.0 Å². The highest BCUT2D eigenvalue weighted by Crippen LogP contribution is 2.34. The molecule has 72 heavy (non-hydrogen) atoms. The maximum Gasteiger partial charge on any atom is 0.412 e. The van der Waals surface area contributed by atoms with Crippen LogP contribution in [0.2, 0.25) is 20.1 Å². The van der Waals surface area contributed by atoms with Gasteiger partial charge in [0.2, 0.25) is 23.8 Å². The predicted molar refractivity (Wildman–Crippen MR) is 250 cm³/mol. The van der Waals surface area contributed by atoms with E-state index in [1.54, 1.807) is 51.3 Å². The second-order valence-corrected chi connectivity index (χ2v) is 18.1. The average molecular weight is 1120 g/mol. The molecule has 3 fully saturated rings. The van der Waals surface area contributed by atoms with Crippen LogP contribution in [0.25, 0.3) is 0 Å². The van der Waals surface area contributed by atoms with Crippen molar-refractivity contribution in [1.29, 1.82) is 0 Å². The lowest BCUT2D eigenvalue weighted by Gasteiger charge is -2.28. The summed E-state index contributed by atoms with van der Waals surface area (Å²) in [4.78, 5) is 39.6. The Balaban J connectivity index is 0.000000249. The largest absolute Gasteiger partial charge is 0.444 e. The van der Waals surface area contributed by atoms with E-state index in [1.165, 1.54) is 4.90 Å². The van der Waals surface area contributed by atoms with E-state index in [-0.39, 0.29) is 22.5 Å². The first-order chi connectivity index (χ1) is 33.5. The maximum absolute atomic E-state index is 14.6. The standard InChI is InChI=1S/C14H18ClF2N3O3.C9H10ClF2N3O.C9H9ClF2N2O.C5HClF3N.C5H11NO2/c1-14(2,3)23-13(21)18-10-8(15)11(17)19-12(9(10)16)20-4-6-22-7-5-20;10-5-7(13)6(11)9(14-8(5)12)15-1-3-16-4-2-15;10-6-5-7(11)9(13-8(6)12)14-1-3-15-4-2-14;6-2-1-3(7)5(9)10-4(2)8;1-5(2,3)8-4(6)7/h4-7H2,1-3H3,(H,18,19,21);1-4H2,(H2,13,14);5H,1-4H2;1H;1-3H3,(H2,6,7). The van der Waals surface area contributed by atoms with Gasteiger partial charge in [-0.1, -0.05) is 46.4 Å². The molecule has 5 N–H and O–H groups in total. The maximum atomic E-state index is 14.6. The lowest BCUT2D eigenvalue weighted by molar-refractivity contribution is 0.0596. The van der Waals surface area contributed by atoms with Gasteiger partial charge >= 0.3 is 12.2 Å². The summed E-state index contributed by atoms with van der Waals surface area (Å²) in [5, 5.41) is 0.236. The van der Waals surface area contributed by atoms with Crippen molar-refractivity contribution in [3.05, 3.63) is 85.2 Å². The molecule has 0 saturated carbocycles. The van der Waals surface area contributed by atoms with E-state index in [2.05, 4.69) is 30.0 Å². The molecular weight excluding hydrogens is 1070 g/mol. The van der Waals surface area contributed by atoms with Crippen LogP contribution in [-0.2, 0) is 23.7 Å². The fraction of sp³-hybridized carbons (Fsp3) is 0.476. The minimum Gasteiger partial charge on any atom is -0.444 e. The van der Waals surface area contributed by atoms with Gasteiger partial charge in [-0.25, -0.2) is 27.2 Å². The molecule has 3 saturated heterocycles. The van der Waals surface area contributed by atoms with Crippen LogP contribution in [0.5, 0.6) is 0 Å². The Morgan fingerprint density at radius 2 is 0.931 bits per heavy atom. The van der Waals surface area contributed by atoms with Crippen LogP contribution < -0.4 is 31.5 Å². The quantitative estimate of drug-likeness (QED) is 0.129. The molecule has 0 radical (unpaired) electrons. The number of carbonyl (C=O) groups excluding carboxylic acids is 2. The first kappa shape index (κ1) is 61.1. The molecule has 2 amide bonds. The van der Waals surface area contributed by atoms with Crippen molar-refractivity contribution in [1.82, 2.24) is 19.9 Å². The van der Waals surface area contributed by atoms with Crippen LogP contribution in [0, 0.1) is 53.0 Å². The van der Waals surface area contributed by atoms with Crippen molar-refractivity contribution in [3.63, 3.8) is 0 Å². The number of aromatic nitrogens is 4. The normalized spacial score (nSPS) is 14.7. The summed E-state index contributed by atoms with van der Waals surface area (Å²) in [6.07, 6.45) is -1.66. The van der Waals surface area contributed by atoms with Crippen molar-refractivity contribution in [2.75, 3.05) is 105 Å². The number of hydrogen-bond acceptors (Lipinski definition) is 15. The van der Waals surface area contributed by atoms with Crippen LogP contribution in [0.4, 0.5) is 77.9 Å². The lowest BCUT2D eigenvalue weighted by atomic mass is 10.2. The molecule has 0 atom stereocenters. The summed E-state index contributed by atoms with van der Waals surface area (Å²) in [6.45, 7) is 15.5. The van der Waals surface area contributed by atoms with Gasteiger partial charge in [-0.3, -0.25) is 5.32 Å². The van der Waals surface area contributed by atoms with Crippen molar-refractivity contribution < 1.29 is 72.8 Å². The van der Waals surface area contributed by atoms with Crippen molar-refractivity contribution in [3.8, 4) is 0 Å². The molecule has 4 aromatic rings. The highest BCUT2D eigenvalue weighted by molar-refractivity contribution is 6.34. The number of halogens is 13. The Morgan fingerprint density at radius 3 is 1.33 bits per heavy atom. The van der Waals surface area contributed by atoms with Gasteiger partial charge in [-0.05, 0) is 41.5 Å². The molecule has 0 unspecified atom stereocenters. The predicted octanol–water partition coefficient (Wildman–Crippen LogP) is 9.51. The van der Waals surface area contributed by atoms with Gasteiger partial charge in [0.25, 0.3) is 5.95 Å². The number of nitrogens with one attached hydrogen (secondary N) is 1. The number of ether oxygens (including phenoxy) is 5. The molecule has 30 heteroatoms. The van der Waals surface area contributed by atoms with Gasteiger partial charge in [0.15, 0.2) is 40.7 Å². The zero-order valence-corrected chi connectivity index (χ0v) is 42.2. The Hall–Kier alpha value is -5.25. The summed E-state index contributed by atoms with van der Waals surface area (Å²) < 4.78 is 143. The van der Waals surface area contributed by atoms with Gasteiger partial charge in [-0.15, -0.1) is 0 Å². The zero-order valence-electron chi connectivity index (χ0n) is 39.2. The first-order valence-electron chi connectivity index (χ1n) is 21.0. The molecule has 7 rings (SSSR count). The Morgan fingerprint density at radius 1 is 0.556 bits per heavy atom. The third-order valence-electron chi connectivity index (χ3n) is 8.75. The van der Waals surface area contributed by atoms with E-state index in [1.807, 2.05) is 0 Å². The monoisotopic (exact) mass is 1120 g/mol. The number of nitrogens with two attached hydrogens (primary N) is 2. The van der Waals surface area contributed by atoms with Crippen LogP contribution in [-0.4, -0.2) is 122 Å². The number of amides is 2. The zero-order chi connectivity index (χ0) is 54.2. The topological polar surface area (TPSA) is 206 Å². The van der Waals surface area contributed by atoms with E-state index < -0.39 is 103 Å². The molecule has 4 aromatic heterocycles. The number of rotatable bonds is 4. The van der Waals surface area contributed by atoms with Gasteiger partial charge in [-0.2, -0.15) is 41.9 Å². The van der Waals surface area contributed by atoms with Crippen LogP contribution in [0.3, 0.4) is 0 Å². The van der Waals surface area contributed by atoms with Gasteiger partial charge in [0, 0.05) is 51.4 Å². The number of hydrogen-bond donors (Lipinski definition) is 3. The molecule has 0 aliphatic carbocycles.